The minimum absolute atomic E-state index is 0.0945. The van der Waals surface area contributed by atoms with Crippen LogP contribution in [0.2, 0.25) is 0 Å². The van der Waals surface area contributed by atoms with Gasteiger partial charge in [0.25, 0.3) is 5.78 Å². The minimum Gasteiger partial charge on any atom is -0.507 e. The third-order valence-corrected chi connectivity index (χ3v) is 8.49. The van der Waals surface area contributed by atoms with E-state index in [0.717, 1.165) is 10.0 Å². The molecule has 3 aromatic carbocycles. The number of nitrogens with zero attached hydrogens (tertiary/aromatic N) is 3. The van der Waals surface area contributed by atoms with Crippen LogP contribution in [0.25, 0.3) is 5.76 Å². The second kappa shape index (κ2) is 10.6. The van der Waals surface area contributed by atoms with E-state index in [0.29, 0.717) is 21.2 Å². The molecule has 10 heteroatoms. The topological polar surface area (TPSA) is 83.4 Å². The molecule has 0 saturated carbocycles. The summed E-state index contributed by atoms with van der Waals surface area (Å²) in [5.74, 6) is -1.79. The Balaban J connectivity index is 1.53. The Kier molecular flexibility index (Phi) is 7.23. The Hall–Kier alpha value is -3.34. The van der Waals surface area contributed by atoms with Crippen LogP contribution in [-0.2, 0) is 15.3 Å². The summed E-state index contributed by atoms with van der Waals surface area (Å²) in [6, 6.07) is 19.4. The monoisotopic (exact) mass is 595 g/mol. The van der Waals surface area contributed by atoms with E-state index < -0.39 is 23.5 Å². The highest BCUT2D eigenvalue weighted by atomic mass is 79.9. The Morgan fingerprint density at radius 1 is 1.03 bits per heavy atom. The number of hydrogen-bond acceptors (Lipinski definition) is 7. The first-order chi connectivity index (χ1) is 17.8. The van der Waals surface area contributed by atoms with Crippen LogP contribution in [0.4, 0.5) is 9.52 Å². The highest BCUT2D eigenvalue weighted by molar-refractivity contribution is 9.10. The van der Waals surface area contributed by atoms with Crippen molar-refractivity contribution in [1.29, 1.82) is 0 Å². The Labute approximate surface area is 229 Å². The molecule has 186 valence electrons. The first-order valence-corrected chi connectivity index (χ1v) is 13.8. The molecule has 5 rings (SSSR count). The van der Waals surface area contributed by atoms with Gasteiger partial charge in [0.2, 0.25) is 5.13 Å². The number of aromatic nitrogens is 2. The SMILES string of the molecule is Cc1ccc(CSc2nnc(N3C(=O)C(=O)/C(=C(\O)c4ccc(Br)cc4)C3c3ccc(F)cc3)s2)cc1. The molecule has 0 radical (unpaired) electrons. The highest BCUT2D eigenvalue weighted by Crippen LogP contribution is 2.44. The van der Waals surface area contributed by atoms with E-state index in [2.05, 4.69) is 26.1 Å². The first-order valence-electron chi connectivity index (χ1n) is 11.2. The quantitative estimate of drug-likeness (QED) is 0.0881. The predicted octanol–water partition coefficient (Wildman–Crippen LogP) is 6.67. The molecule has 1 saturated heterocycles. The van der Waals surface area contributed by atoms with Gasteiger partial charge in [0, 0.05) is 15.8 Å². The van der Waals surface area contributed by atoms with Crippen LogP contribution < -0.4 is 4.90 Å². The van der Waals surface area contributed by atoms with Gasteiger partial charge < -0.3 is 5.11 Å². The number of anilines is 1. The zero-order valence-electron chi connectivity index (χ0n) is 19.4. The molecule has 1 unspecified atom stereocenters. The number of thioether (sulfide) groups is 1. The molecule has 4 aromatic rings. The van der Waals surface area contributed by atoms with E-state index in [1.54, 1.807) is 24.3 Å². The van der Waals surface area contributed by atoms with E-state index in [1.165, 1.54) is 57.8 Å². The number of halogens is 2. The molecule has 1 aliphatic rings. The van der Waals surface area contributed by atoms with Crippen molar-refractivity contribution in [2.75, 3.05) is 4.90 Å². The third kappa shape index (κ3) is 5.22. The van der Waals surface area contributed by atoms with Crippen LogP contribution in [0, 0.1) is 12.7 Å². The maximum Gasteiger partial charge on any atom is 0.301 e. The molecule has 0 spiro atoms. The van der Waals surface area contributed by atoms with Crippen molar-refractivity contribution in [1.82, 2.24) is 10.2 Å². The van der Waals surface area contributed by atoms with Gasteiger partial charge in [-0.25, -0.2) is 4.39 Å². The lowest BCUT2D eigenvalue weighted by Crippen LogP contribution is -2.29. The molecular formula is C27H19BrFN3O3S2. The van der Waals surface area contributed by atoms with Gasteiger partial charge in [0.15, 0.2) is 4.34 Å². The molecule has 1 N–H and O–H groups in total. The average Bonchev–Trinajstić information content (AvgIpc) is 3.46. The summed E-state index contributed by atoms with van der Waals surface area (Å²) >= 11 is 6.00. The molecule has 6 nitrogen and oxygen atoms in total. The van der Waals surface area contributed by atoms with Crippen LogP contribution in [-0.4, -0.2) is 27.0 Å². The molecular weight excluding hydrogens is 577 g/mol. The number of ketones is 1. The molecule has 0 aliphatic carbocycles. The zero-order chi connectivity index (χ0) is 26.1. The van der Waals surface area contributed by atoms with Crippen molar-refractivity contribution in [2.45, 2.75) is 23.1 Å². The van der Waals surface area contributed by atoms with Gasteiger partial charge in [-0.2, -0.15) is 0 Å². The number of aryl methyl sites for hydroxylation is 1. The van der Waals surface area contributed by atoms with Crippen molar-refractivity contribution in [3.63, 3.8) is 0 Å². The molecule has 1 aliphatic heterocycles. The van der Waals surface area contributed by atoms with Gasteiger partial charge >= 0.3 is 5.91 Å². The summed E-state index contributed by atoms with van der Waals surface area (Å²) in [7, 11) is 0. The fourth-order valence-electron chi connectivity index (χ4n) is 3.94. The summed E-state index contributed by atoms with van der Waals surface area (Å²) in [5.41, 5.74) is 3.03. The van der Waals surface area contributed by atoms with E-state index in [-0.39, 0.29) is 16.5 Å². The zero-order valence-corrected chi connectivity index (χ0v) is 22.6. The Morgan fingerprint density at radius 3 is 2.38 bits per heavy atom. The van der Waals surface area contributed by atoms with Crippen LogP contribution in [0.5, 0.6) is 0 Å². The lowest BCUT2D eigenvalue weighted by atomic mass is 9.95. The fraction of sp³-hybridized carbons (Fsp3) is 0.111. The number of amides is 1. The normalized spacial score (nSPS) is 16.9. The first kappa shape index (κ1) is 25.3. The van der Waals surface area contributed by atoms with Crippen LogP contribution in [0.3, 0.4) is 0 Å². The van der Waals surface area contributed by atoms with Crippen molar-refractivity contribution >= 4 is 61.6 Å². The van der Waals surface area contributed by atoms with Gasteiger partial charge in [-0.3, -0.25) is 14.5 Å². The highest BCUT2D eigenvalue weighted by Gasteiger charge is 2.48. The molecule has 37 heavy (non-hydrogen) atoms. The summed E-state index contributed by atoms with van der Waals surface area (Å²) in [6.07, 6.45) is 0. The molecule has 1 fully saturated rings. The summed E-state index contributed by atoms with van der Waals surface area (Å²) in [5, 5.41) is 19.8. The van der Waals surface area contributed by atoms with Crippen LogP contribution in [0.1, 0.15) is 28.3 Å². The van der Waals surface area contributed by atoms with Gasteiger partial charge in [0.1, 0.15) is 11.6 Å². The largest absolute Gasteiger partial charge is 0.507 e. The Morgan fingerprint density at radius 2 is 1.70 bits per heavy atom. The second-order valence-corrected chi connectivity index (χ2v) is 11.4. The van der Waals surface area contributed by atoms with Crippen LogP contribution in [0.15, 0.2) is 87.2 Å². The van der Waals surface area contributed by atoms with Crippen molar-refractivity contribution in [3.05, 3.63) is 111 Å². The van der Waals surface area contributed by atoms with E-state index in [9.17, 15) is 19.1 Å². The number of benzene rings is 3. The standard InChI is InChI=1S/C27H19BrFN3O3S2/c1-15-2-4-16(5-3-15)14-36-27-31-30-26(37-27)32-22(17-8-12-20(29)13-9-17)21(24(34)25(32)35)23(33)18-6-10-19(28)11-7-18/h2-13,22,33H,14H2,1H3/b23-21-. The molecule has 1 aromatic heterocycles. The van der Waals surface area contributed by atoms with Gasteiger partial charge in [-0.15, -0.1) is 10.2 Å². The van der Waals surface area contributed by atoms with Gasteiger partial charge in [0.05, 0.1) is 11.6 Å². The van der Waals surface area contributed by atoms with Crippen molar-refractivity contribution < 1.29 is 19.1 Å². The third-order valence-electron chi connectivity index (χ3n) is 5.83. The maximum atomic E-state index is 13.7. The number of rotatable bonds is 6. The van der Waals surface area contributed by atoms with E-state index >= 15 is 0 Å². The predicted molar refractivity (Wildman–Crippen MR) is 146 cm³/mol. The van der Waals surface area contributed by atoms with Crippen LogP contribution >= 0.6 is 39.0 Å². The van der Waals surface area contributed by atoms with Gasteiger partial charge in [-0.1, -0.05) is 93.1 Å². The lowest BCUT2D eigenvalue weighted by molar-refractivity contribution is -0.132. The Bertz CT molecular complexity index is 1500. The van der Waals surface area contributed by atoms with Gasteiger partial charge in [-0.05, 0) is 42.3 Å². The summed E-state index contributed by atoms with van der Waals surface area (Å²) in [6.45, 7) is 2.02. The number of carbonyl (C=O) groups is 2. The second-order valence-electron chi connectivity index (χ2n) is 8.35. The van der Waals surface area contributed by atoms with E-state index in [1.807, 2.05) is 31.2 Å². The summed E-state index contributed by atoms with van der Waals surface area (Å²) in [4.78, 5) is 27.7. The van der Waals surface area contributed by atoms with E-state index in [4.69, 9.17) is 0 Å². The molecule has 0 bridgehead atoms. The minimum atomic E-state index is -0.993. The maximum absolute atomic E-state index is 13.7. The molecule has 1 amide bonds. The number of aliphatic hydroxyl groups is 1. The number of hydrogen-bond donors (Lipinski definition) is 1. The molecule has 1 atom stereocenters. The fourth-order valence-corrected chi connectivity index (χ4v) is 6.03. The lowest BCUT2D eigenvalue weighted by Gasteiger charge is -2.22. The molecule has 2 heterocycles. The summed E-state index contributed by atoms with van der Waals surface area (Å²) < 4.78 is 15.1. The number of carbonyl (C=O) groups excluding carboxylic acids is 2. The smallest absolute Gasteiger partial charge is 0.301 e. The average molecular weight is 597 g/mol. The van der Waals surface area contributed by atoms with Crippen molar-refractivity contribution in [3.8, 4) is 0 Å². The van der Waals surface area contributed by atoms with Crippen molar-refractivity contribution in [2.24, 2.45) is 0 Å². The number of aliphatic hydroxyl groups excluding tert-OH is 1. The number of Topliss-reactive ketones (excluding diaryl/α,β-unsaturated/α-hetero) is 1.